The van der Waals surface area contributed by atoms with E-state index in [1.54, 1.807) is 18.3 Å². The van der Waals surface area contributed by atoms with Crippen LogP contribution in [0.2, 0.25) is 0 Å². The third kappa shape index (κ3) is 6.44. The number of benzene rings is 4. The van der Waals surface area contributed by atoms with E-state index in [2.05, 4.69) is 24.4 Å². The number of rotatable bonds is 9. The summed E-state index contributed by atoms with van der Waals surface area (Å²) in [6, 6.07) is 25.5. The van der Waals surface area contributed by atoms with Crippen molar-refractivity contribution < 1.29 is 18.7 Å². The minimum atomic E-state index is -0.372. The lowest BCUT2D eigenvalue weighted by Crippen LogP contribution is -2.24. The van der Waals surface area contributed by atoms with Crippen molar-refractivity contribution in [2.24, 2.45) is 5.10 Å². The van der Waals surface area contributed by atoms with E-state index in [9.17, 15) is 9.18 Å². The molecule has 0 unspecified atom stereocenters. The van der Waals surface area contributed by atoms with Crippen LogP contribution in [0.25, 0.3) is 10.8 Å². The molecule has 0 radical (unpaired) electrons. The summed E-state index contributed by atoms with van der Waals surface area (Å²) in [5, 5.41) is 6.08. The molecular weight excluding hydrogens is 443 g/mol. The van der Waals surface area contributed by atoms with Gasteiger partial charge in [0.2, 0.25) is 0 Å². The van der Waals surface area contributed by atoms with Crippen LogP contribution in [-0.2, 0) is 11.4 Å². The van der Waals surface area contributed by atoms with Gasteiger partial charge in [0.15, 0.2) is 6.61 Å². The van der Waals surface area contributed by atoms with Gasteiger partial charge in [0.1, 0.15) is 23.9 Å². The first-order valence-electron chi connectivity index (χ1n) is 11.4. The maximum Gasteiger partial charge on any atom is 0.277 e. The Kier molecular flexibility index (Phi) is 7.73. The van der Waals surface area contributed by atoms with Gasteiger partial charge in [-0.05, 0) is 58.1 Å². The Morgan fingerprint density at radius 2 is 1.69 bits per heavy atom. The van der Waals surface area contributed by atoms with E-state index in [0.29, 0.717) is 17.4 Å². The van der Waals surface area contributed by atoms with Gasteiger partial charge in [-0.2, -0.15) is 5.10 Å². The Morgan fingerprint density at radius 3 is 2.43 bits per heavy atom. The van der Waals surface area contributed by atoms with E-state index in [1.807, 2.05) is 60.7 Å². The van der Waals surface area contributed by atoms with E-state index in [-0.39, 0.29) is 24.9 Å². The summed E-state index contributed by atoms with van der Waals surface area (Å²) in [4.78, 5) is 12.3. The van der Waals surface area contributed by atoms with Crippen molar-refractivity contribution in [1.29, 1.82) is 0 Å². The molecule has 4 rings (SSSR count). The molecule has 1 amide bonds. The zero-order valence-electron chi connectivity index (χ0n) is 19.7. The lowest BCUT2D eigenvalue weighted by atomic mass is 10.0. The summed E-state index contributed by atoms with van der Waals surface area (Å²) in [6.07, 6.45) is 1.57. The zero-order valence-corrected chi connectivity index (χ0v) is 19.7. The van der Waals surface area contributed by atoms with Crippen LogP contribution in [0.1, 0.15) is 36.5 Å². The highest BCUT2D eigenvalue weighted by Gasteiger charge is 2.09. The Hall–Kier alpha value is -4.19. The number of ether oxygens (including phenoxy) is 2. The molecule has 0 fully saturated rings. The number of hydrazone groups is 1. The summed E-state index contributed by atoms with van der Waals surface area (Å²) in [6.45, 7) is 4.37. The van der Waals surface area contributed by atoms with Gasteiger partial charge in [0.25, 0.3) is 5.91 Å². The number of nitrogens with zero attached hydrogens (tertiary/aromatic N) is 1. The molecule has 0 saturated heterocycles. The number of carbonyl (C=O) groups excluding carboxylic acids is 1. The molecule has 0 aliphatic carbocycles. The molecule has 0 spiro atoms. The van der Waals surface area contributed by atoms with Crippen molar-refractivity contribution in [2.45, 2.75) is 26.4 Å². The molecule has 0 bridgehead atoms. The second kappa shape index (κ2) is 11.3. The SMILES string of the molecule is CC(C)c1ccc(OCC(=O)NN=Cc2c(OCc3ccc(F)cc3)ccc3ccccc23)cc1. The predicted octanol–water partition coefficient (Wildman–Crippen LogP) is 6.21. The lowest BCUT2D eigenvalue weighted by molar-refractivity contribution is -0.123. The largest absolute Gasteiger partial charge is 0.488 e. The lowest BCUT2D eigenvalue weighted by Gasteiger charge is -2.12. The van der Waals surface area contributed by atoms with Crippen molar-refractivity contribution in [2.75, 3.05) is 6.61 Å². The Labute approximate surface area is 204 Å². The summed E-state index contributed by atoms with van der Waals surface area (Å²) in [7, 11) is 0. The number of hydrogen-bond donors (Lipinski definition) is 1. The Bertz CT molecular complexity index is 1320. The molecule has 1 N–H and O–H groups in total. The molecule has 0 saturated carbocycles. The second-order valence-corrected chi connectivity index (χ2v) is 8.42. The second-order valence-electron chi connectivity index (χ2n) is 8.42. The Balaban J connectivity index is 1.42. The highest BCUT2D eigenvalue weighted by atomic mass is 19.1. The normalized spacial score (nSPS) is 11.2. The van der Waals surface area contributed by atoms with E-state index >= 15 is 0 Å². The number of nitrogens with one attached hydrogen (secondary N) is 1. The monoisotopic (exact) mass is 470 g/mol. The first kappa shape index (κ1) is 24.0. The number of carbonyl (C=O) groups is 1. The van der Waals surface area contributed by atoms with Crippen molar-refractivity contribution in [3.8, 4) is 11.5 Å². The molecule has 0 aliphatic rings. The number of fused-ring (bicyclic) bond motifs is 1. The molecule has 0 aromatic heterocycles. The molecule has 0 aliphatic heterocycles. The fraction of sp³-hybridized carbons (Fsp3) is 0.172. The maximum absolute atomic E-state index is 13.2. The van der Waals surface area contributed by atoms with Crippen LogP contribution in [0.3, 0.4) is 0 Å². The van der Waals surface area contributed by atoms with Gasteiger partial charge in [-0.3, -0.25) is 4.79 Å². The van der Waals surface area contributed by atoms with Crippen LogP contribution in [0.15, 0.2) is 90.0 Å². The average Bonchev–Trinajstić information content (AvgIpc) is 2.88. The average molecular weight is 471 g/mol. The number of amides is 1. The van der Waals surface area contributed by atoms with E-state index in [0.717, 1.165) is 21.9 Å². The van der Waals surface area contributed by atoms with E-state index < -0.39 is 0 Å². The van der Waals surface area contributed by atoms with Crippen molar-refractivity contribution in [3.05, 3.63) is 107 Å². The van der Waals surface area contributed by atoms with Gasteiger partial charge in [-0.1, -0.05) is 68.4 Å². The van der Waals surface area contributed by atoms with Crippen LogP contribution in [0.5, 0.6) is 11.5 Å². The summed E-state index contributed by atoms with van der Waals surface area (Å²) >= 11 is 0. The first-order chi connectivity index (χ1) is 17.0. The van der Waals surface area contributed by atoms with Crippen molar-refractivity contribution in [1.82, 2.24) is 5.43 Å². The highest BCUT2D eigenvalue weighted by Crippen LogP contribution is 2.27. The predicted molar refractivity (Wildman–Crippen MR) is 136 cm³/mol. The van der Waals surface area contributed by atoms with Gasteiger partial charge in [-0.15, -0.1) is 0 Å². The minimum Gasteiger partial charge on any atom is -0.488 e. The van der Waals surface area contributed by atoms with Gasteiger partial charge in [0.05, 0.1) is 6.21 Å². The van der Waals surface area contributed by atoms with Gasteiger partial charge in [0, 0.05) is 5.56 Å². The van der Waals surface area contributed by atoms with Crippen LogP contribution < -0.4 is 14.9 Å². The summed E-state index contributed by atoms with van der Waals surface area (Å²) in [5.74, 6) is 0.995. The molecule has 0 atom stereocenters. The van der Waals surface area contributed by atoms with E-state index in [1.165, 1.54) is 17.7 Å². The zero-order chi connectivity index (χ0) is 24.6. The van der Waals surface area contributed by atoms with E-state index in [4.69, 9.17) is 9.47 Å². The quantitative estimate of drug-likeness (QED) is 0.234. The molecule has 0 heterocycles. The fourth-order valence-corrected chi connectivity index (χ4v) is 3.58. The smallest absolute Gasteiger partial charge is 0.277 e. The van der Waals surface area contributed by atoms with Crippen LogP contribution in [0, 0.1) is 5.82 Å². The van der Waals surface area contributed by atoms with Gasteiger partial charge in [-0.25, -0.2) is 9.82 Å². The molecule has 4 aromatic rings. The van der Waals surface area contributed by atoms with Crippen LogP contribution in [-0.4, -0.2) is 18.7 Å². The molecule has 4 aromatic carbocycles. The first-order valence-corrected chi connectivity index (χ1v) is 11.4. The van der Waals surface area contributed by atoms with Crippen molar-refractivity contribution in [3.63, 3.8) is 0 Å². The molecule has 35 heavy (non-hydrogen) atoms. The van der Waals surface area contributed by atoms with Crippen molar-refractivity contribution >= 4 is 22.9 Å². The third-order valence-corrected chi connectivity index (χ3v) is 5.54. The third-order valence-electron chi connectivity index (χ3n) is 5.54. The minimum absolute atomic E-state index is 0.151. The van der Waals surface area contributed by atoms with Gasteiger partial charge < -0.3 is 9.47 Å². The standard InChI is InChI=1S/C29H27FN2O3/c1-20(2)22-9-14-25(15-10-22)34-19-29(33)32-31-17-27-26-6-4-3-5-23(26)11-16-28(27)35-18-21-7-12-24(30)13-8-21/h3-17,20H,18-19H2,1-2H3,(H,32,33). The maximum atomic E-state index is 13.2. The Morgan fingerprint density at radius 1 is 0.943 bits per heavy atom. The highest BCUT2D eigenvalue weighted by molar-refractivity contribution is 6.02. The fourth-order valence-electron chi connectivity index (χ4n) is 3.58. The van der Waals surface area contributed by atoms with Crippen LogP contribution >= 0.6 is 0 Å². The summed E-state index contributed by atoms with van der Waals surface area (Å²) < 4.78 is 24.8. The topological polar surface area (TPSA) is 59.9 Å². The van der Waals surface area contributed by atoms with Gasteiger partial charge >= 0.3 is 0 Å². The number of halogens is 1. The molecule has 6 heteroatoms. The van der Waals surface area contributed by atoms with Crippen LogP contribution in [0.4, 0.5) is 4.39 Å². The summed E-state index contributed by atoms with van der Waals surface area (Å²) in [5.41, 5.74) is 5.29. The molecule has 178 valence electrons. The number of hydrogen-bond acceptors (Lipinski definition) is 4. The molecular formula is C29H27FN2O3. The molecule has 5 nitrogen and oxygen atoms in total.